The molecule has 0 aliphatic rings. The Kier molecular flexibility index (Phi) is 8.24. The molecule has 3 rings (SSSR count). The summed E-state index contributed by atoms with van der Waals surface area (Å²) in [6.45, 7) is 6.06. The van der Waals surface area contributed by atoms with E-state index in [2.05, 4.69) is 48.9 Å². The fourth-order valence-corrected chi connectivity index (χ4v) is 5.60. The van der Waals surface area contributed by atoms with Gasteiger partial charge in [0.25, 0.3) is 0 Å². The van der Waals surface area contributed by atoms with Crippen LogP contribution in [0.25, 0.3) is 19.5 Å². The third-order valence-corrected chi connectivity index (χ3v) is 7.57. The molecular formula is C22H28O2S3. The summed E-state index contributed by atoms with van der Waals surface area (Å²) in [7, 11) is 0. The monoisotopic (exact) mass is 420 g/mol. The first-order chi connectivity index (χ1) is 13.3. The van der Waals surface area contributed by atoms with Gasteiger partial charge in [-0.2, -0.15) is 0 Å². The zero-order valence-electron chi connectivity index (χ0n) is 16.2. The van der Waals surface area contributed by atoms with Crippen LogP contribution in [-0.4, -0.2) is 13.2 Å². The quantitative estimate of drug-likeness (QED) is 0.274. The highest BCUT2D eigenvalue weighted by Gasteiger charge is 2.10. The Labute approximate surface area is 174 Å². The second-order valence-corrected chi connectivity index (χ2v) is 9.47. The van der Waals surface area contributed by atoms with Gasteiger partial charge in [-0.3, -0.25) is 0 Å². The Hall–Kier alpha value is -1.30. The van der Waals surface area contributed by atoms with Crippen molar-refractivity contribution in [3.05, 3.63) is 35.0 Å². The molecule has 0 aliphatic heterocycles. The van der Waals surface area contributed by atoms with Gasteiger partial charge in [0.1, 0.15) is 11.5 Å². The van der Waals surface area contributed by atoms with Gasteiger partial charge in [-0.05, 0) is 37.1 Å². The molecule has 0 bridgehead atoms. The van der Waals surface area contributed by atoms with Crippen molar-refractivity contribution in [2.45, 2.75) is 52.4 Å². The minimum atomic E-state index is 0.815. The van der Waals surface area contributed by atoms with Gasteiger partial charge in [-0.25, -0.2) is 0 Å². The van der Waals surface area contributed by atoms with Gasteiger partial charge in [0, 0.05) is 30.3 Å². The molecule has 3 aromatic rings. The third-order valence-electron chi connectivity index (χ3n) is 4.28. The summed E-state index contributed by atoms with van der Waals surface area (Å²) in [6.07, 6.45) is 7.18. The van der Waals surface area contributed by atoms with Crippen molar-refractivity contribution in [1.29, 1.82) is 0 Å². The average molecular weight is 421 g/mol. The smallest absolute Gasteiger partial charge is 0.130 e. The molecule has 0 amide bonds. The lowest BCUT2D eigenvalue weighted by Gasteiger charge is -2.01. The topological polar surface area (TPSA) is 18.5 Å². The summed E-state index contributed by atoms with van der Waals surface area (Å²) in [4.78, 5) is 5.17. The second kappa shape index (κ2) is 10.9. The SMILES string of the molecule is CCCCCOc1csc(-c2ccc(-c3cc(OCCCCC)cs3)s2)c1. The molecule has 0 unspecified atom stereocenters. The molecule has 0 atom stereocenters. The van der Waals surface area contributed by atoms with Gasteiger partial charge in [-0.1, -0.05) is 39.5 Å². The average Bonchev–Trinajstić information content (AvgIpc) is 3.42. The van der Waals surface area contributed by atoms with E-state index in [0.717, 1.165) is 37.6 Å². The lowest BCUT2D eigenvalue weighted by Crippen LogP contribution is -1.95. The summed E-state index contributed by atoms with van der Waals surface area (Å²) in [5.41, 5.74) is 0. The lowest BCUT2D eigenvalue weighted by molar-refractivity contribution is 0.307. The first-order valence-corrected chi connectivity index (χ1v) is 12.4. The summed E-state index contributed by atoms with van der Waals surface area (Å²) in [5, 5.41) is 4.24. The number of ether oxygens (including phenoxy) is 2. The van der Waals surface area contributed by atoms with E-state index in [-0.39, 0.29) is 0 Å². The maximum absolute atomic E-state index is 5.86. The Morgan fingerprint density at radius 1 is 0.667 bits per heavy atom. The summed E-state index contributed by atoms with van der Waals surface area (Å²) in [6, 6.07) is 8.77. The van der Waals surface area contributed by atoms with Gasteiger partial charge < -0.3 is 9.47 Å². The van der Waals surface area contributed by atoms with Gasteiger partial charge in [0.15, 0.2) is 0 Å². The van der Waals surface area contributed by atoms with Gasteiger partial charge in [0.2, 0.25) is 0 Å². The molecular weight excluding hydrogens is 392 g/mol. The largest absolute Gasteiger partial charge is 0.493 e. The first-order valence-electron chi connectivity index (χ1n) is 9.83. The van der Waals surface area contributed by atoms with E-state index in [1.165, 1.54) is 45.2 Å². The van der Waals surface area contributed by atoms with Crippen molar-refractivity contribution < 1.29 is 9.47 Å². The molecule has 0 N–H and O–H groups in total. The molecule has 0 saturated heterocycles. The number of thiophene rings is 3. The van der Waals surface area contributed by atoms with E-state index in [1.54, 1.807) is 22.7 Å². The van der Waals surface area contributed by atoms with E-state index >= 15 is 0 Å². The highest BCUT2D eigenvalue weighted by atomic mass is 32.1. The summed E-state index contributed by atoms with van der Waals surface area (Å²) < 4.78 is 11.7. The van der Waals surface area contributed by atoms with E-state index in [4.69, 9.17) is 9.47 Å². The molecule has 0 spiro atoms. The molecule has 0 saturated carbocycles. The van der Waals surface area contributed by atoms with Crippen LogP contribution < -0.4 is 9.47 Å². The predicted octanol–water partition coefficient (Wildman–Crippen LogP) is 8.34. The predicted molar refractivity (Wildman–Crippen MR) is 121 cm³/mol. The van der Waals surface area contributed by atoms with E-state index in [0.29, 0.717) is 0 Å². The summed E-state index contributed by atoms with van der Waals surface area (Å²) >= 11 is 5.36. The van der Waals surface area contributed by atoms with Crippen LogP contribution in [0.1, 0.15) is 52.4 Å². The highest BCUT2D eigenvalue weighted by Crippen LogP contribution is 2.41. The molecule has 2 nitrogen and oxygen atoms in total. The van der Waals surface area contributed by atoms with Crippen molar-refractivity contribution in [2.24, 2.45) is 0 Å². The Balaban J connectivity index is 1.57. The number of rotatable bonds is 12. The minimum absolute atomic E-state index is 0.815. The van der Waals surface area contributed by atoms with E-state index < -0.39 is 0 Å². The lowest BCUT2D eigenvalue weighted by atomic mass is 10.3. The van der Waals surface area contributed by atoms with Gasteiger partial charge in [-0.15, -0.1) is 34.0 Å². The fourth-order valence-electron chi connectivity index (χ4n) is 2.73. The normalized spacial score (nSPS) is 11.0. The molecule has 0 aromatic carbocycles. The van der Waals surface area contributed by atoms with Gasteiger partial charge in [0.05, 0.1) is 13.2 Å². The van der Waals surface area contributed by atoms with Crippen LogP contribution in [0, 0.1) is 0 Å². The molecule has 0 radical (unpaired) electrons. The highest BCUT2D eigenvalue weighted by molar-refractivity contribution is 7.25. The second-order valence-electron chi connectivity index (χ2n) is 6.57. The Morgan fingerprint density at radius 3 is 1.59 bits per heavy atom. The van der Waals surface area contributed by atoms with Crippen molar-refractivity contribution in [3.8, 4) is 31.0 Å². The molecule has 146 valence electrons. The number of hydrogen-bond donors (Lipinski definition) is 0. The molecule has 3 aromatic heterocycles. The minimum Gasteiger partial charge on any atom is -0.493 e. The first kappa shape index (κ1) is 20.4. The van der Waals surface area contributed by atoms with Crippen LogP contribution in [0.4, 0.5) is 0 Å². The molecule has 0 fully saturated rings. The van der Waals surface area contributed by atoms with Crippen molar-refractivity contribution in [1.82, 2.24) is 0 Å². The van der Waals surface area contributed by atoms with Crippen LogP contribution in [0.5, 0.6) is 11.5 Å². The van der Waals surface area contributed by atoms with Crippen LogP contribution in [0.2, 0.25) is 0 Å². The van der Waals surface area contributed by atoms with E-state index in [9.17, 15) is 0 Å². The molecule has 0 aliphatic carbocycles. The zero-order chi connectivity index (χ0) is 18.9. The maximum Gasteiger partial charge on any atom is 0.130 e. The Morgan fingerprint density at radius 2 is 1.15 bits per heavy atom. The number of hydrogen-bond acceptors (Lipinski definition) is 5. The van der Waals surface area contributed by atoms with Crippen LogP contribution in [0.3, 0.4) is 0 Å². The van der Waals surface area contributed by atoms with Crippen LogP contribution in [0.15, 0.2) is 35.0 Å². The molecule has 27 heavy (non-hydrogen) atoms. The van der Waals surface area contributed by atoms with Crippen molar-refractivity contribution >= 4 is 34.0 Å². The molecule has 5 heteroatoms. The Bertz CT molecular complexity index is 735. The molecule has 3 heterocycles. The van der Waals surface area contributed by atoms with Crippen molar-refractivity contribution in [3.63, 3.8) is 0 Å². The third kappa shape index (κ3) is 6.09. The van der Waals surface area contributed by atoms with E-state index in [1.807, 2.05) is 11.3 Å². The number of unbranched alkanes of at least 4 members (excludes halogenated alkanes) is 4. The standard InChI is InChI=1S/C22H28O2S3/c1-3-5-7-11-23-17-13-21(25-15-17)19-9-10-20(27-19)22-14-18(16-26-22)24-12-8-6-4-2/h9-10,13-16H,3-8,11-12H2,1-2H3. The van der Waals surface area contributed by atoms with Crippen LogP contribution in [-0.2, 0) is 0 Å². The maximum atomic E-state index is 5.86. The van der Waals surface area contributed by atoms with Crippen LogP contribution >= 0.6 is 34.0 Å². The fraction of sp³-hybridized carbons (Fsp3) is 0.455. The van der Waals surface area contributed by atoms with Gasteiger partial charge >= 0.3 is 0 Å². The summed E-state index contributed by atoms with van der Waals surface area (Å²) in [5.74, 6) is 2.00. The zero-order valence-corrected chi connectivity index (χ0v) is 18.6. The van der Waals surface area contributed by atoms with Crippen molar-refractivity contribution in [2.75, 3.05) is 13.2 Å².